The molecule has 1 saturated heterocycles. The molecule has 1 fully saturated rings. The number of amides is 1. The van der Waals surface area contributed by atoms with Gasteiger partial charge in [0.1, 0.15) is 0 Å². The van der Waals surface area contributed by atoms with Gasteiger partial charge in [-0.2, -0.15) is 0 Å². The van der Waals surface area contributed by atoms with E-state index >= 15 is 0 Å². The number of carbonyl (C=O) groups excluding carboxylic acids is 1. The first-order chi connectivity index (χ1) is 7.59. The highest BCUT2D eigenvalue weighted by molar-refractivity contribution is 8.26. The fourth-order valence-electron chi connectivity index (χ4n) is 1.21. The Morgan fingerprint density at radius 1 is 1.44 bits per heavy atom. The van der Waals surface area contributed by atoms with Gasteiger partial charge in [0.15, 0.2) is 4.32 Å². The fourth-order valence-corrected chi connectivity index (χ4v) is 2.50. The van der Waals surface area contributed by atoms with Crippen LogP contribution in [0.2, 0.25) is 5.02 Å². The Morgan fingerprint density at radius 2 is 2.12 bits per heavy atom. The molecular weight excluding hydrogens is 264 g/mol. The highest BCUT2D eigenvalue weighted by atomic mass is 35.5. The van der Waals surface area contributed by atoms with Crippen LogP contribution in [-0.2, 0) is 4.79 Å². The Morgan fingerprint density at radius 3 is 2.69 bits per heavy atom. The van der Waals surface area contributed by atoms with E-state index in [1.54, 1.807) is 12.1 Å². The normalized spacial score (nSPS) is 18.6. The number of carbonyl (C=O) groups is 1. The van der Waals surface area contributed by atoms with Crippen LogP contribution >= 0.6 is 35.6 Å². The lowest BCUT2D eigenvalue weighted by Crippen LogP contribution is -2.34. The maximum atomic E-state index is 11.6. The van der Waals surface area contributed by atoms with Crippen LogP contribution in [0.15, 0.2) is 29.2 Å². The maximum absolute atomic E-state index is 11.6. The summed E-state index contributed by atoms with van der Waals surface area (Å²) in [4.78, 5) is 12.1. The number of halogens is 1. The van der Waals surface area contributed by atoms with Gasteiger partial charge in [-0.1, -0.05) is 53.8 Å². The molecule has 1 amide bonds. The molecule has 0 atom stereocenters. The van der Waals surface area contributed by atoms with Gasteiger partial charge in [0, 0.05) is 5.02 Å². The predicted octanol–water partition coefficient (Wildman–Crippen LogP) is 2.41. The first-order valence-electron chi connectivity index (χ1n) is 4.37. The first kappa shape index (κ1) is 11.6. The van der Waals surface area contributed by atoms with E-state index < -0.39 is 0 Å². The monoisotopic (exact) mass is 270 g/mol. The molecule has 1 aliphatic rings. The maximum Gasteiger partial charge on any atom is 0.280 e. The van der Waals surface area contributed by atoms with Crippen LogP contribution in [0.4, 0.5) is 0 Å². The number of nitrogens with zero attached hydrogens (tertiary/aromatic N) is 1. The summed E-state index contributed by atoms with van der Waals surface area (Å²) in [6.45, 7) is 0. The third-order valence-electron chi connectivity index (χ3n) is 2.02. The summed E-state index contributed by atoms with van der Waals surface area (Å²) in [5.41, 5.74) is 0.776. The van der Waals surface area contributed by atoms with Crippen LogP contribution in [0.25, 0.3) is 6.08 Å². The summed E-state index contributed by atoms with van der Waals surface area (Å²) >= 11 is 12.1. The van der Waals surface area contributed by atoms with Crippen molar-refractivity contribution >= 4 is 51.9 Å². The molecule has 0 aromatic heterocycles. The molecule has 3 nitrogen and oxygen atoms in total. The van der Waals surface area contributed by atoms with Gasteiger partial charge in [0.25, 0.3) is 5.91 Å². The van der Waals surface area contributed by atoms with Gasteiger partial charge < -0.3 is 0 Å². The lowest BCUT2D eigenvalue weighted by Gasteiger charge is -2.03. The van der Waals surface area contributed by atoms with Crippen molar-refractivity contribution in [2.24, 2.45) is 5.84 Å². The number of thiocarbonyl (C=S) groups is 1. The second-order valence-corrected chi connectivity index (χ2v) is 5.16. The molecule has 1 heterocycles. The van der Waals surface area contributed by atoms with Gasteiger partial charge in [-0.3, -0.25) is 4.79 Å². The predicted molar refractivity (Wildman–Crippen MR) is 70.7 cm³/mol. The molecule has 2 N–H and O–H groups in total. The zero-order chi connectivity index (χ0) is 11.7. The molecule has 1 aliphatic heterocycles. The van der Waals surface area contributed by atoms with E-state index in [1.807, 2.05) is 18.2 Å². The number of hydrogen-bond donors (Lipinski definition) is 1. The van der Waals surface area contributed by atoms with E-state index in [0.29, 0.717) is 14.2 Å². The van der Waals surface area contributed by atoms with Gasteiger partial charge in [0.05, 0.1) is 4.91 Å². The molecule has 1 aromatic carbocycles. The van der Waals surface area contributed by atoms with Crippen molar-refractivity contribution in [3.8, 4) is 0 Å². The minimum Gasteiger partial charge on any atom is -0.267 e. The minimum atomic E-state index is -0.296. The van der Waals surface area contributed by atoms with Gasteiger partial charge in [-0.05, 0) is 17.7 Å². The number of rotatable bonds is 1. The number of nitrogens with two attached hydrogens (primary N) is 1. The highest BCUT2D eigenvalue weighted by Crippen LogP contribution is 2.31. The Labute approximate surface area is 107 Å². The van der Waals surface area contributed by atoms with Crippen molar-refractivity contribution in [2.75, 3.05) is 0 Å². The molecule has 1 aromatic rings. The van der Waals surface area contributed by atoms with E-state index in [0.717, 1.165) is 10.6 Å². The van der Waals surface area contributed by atoms with E-state index in [1.165, 1.54) is 11.8 Å². The molecule has 16 heavy (non-hydrogen) atoms. The van der Waals surface area contributed by atoms with Crippen LogP contribution in [0.1, 0.15) is 5.56 Å². The van der Waals surface area contributed by atoms with Crippen molar-refractivity contribution < 1.29 is 4.79 Å². The van der Waals surface area contributed by atoms with Crippen molar-refractivity contribution in [1.29, 1.82) is 0 Å². The van der Waals surface area contributed by atoms with Crippen molar-refractivity contribution in [3.05, 3.63) is 39.8 Å². The standard InChI is InChI=1S/C10H7ClN2OS2/c11-7-4-2-1-3-6(7)5-8-9(14)13(12)10(15)16-8/h1-5H,12H2. The van der Waals surface area contributed by atoms with Crippen LogP contribution in [0.5, 0.6) is 0 Å². The molecule has 82 valence electrons. The average molecular weight is 271 g/mol. The van der Waals surface area contributed by atoms with Crippen LogP contribution in [0, 0.1) is 0 Å². The SMILES string of the molecule is NN1C(=O)C(=Cc2ccccc2Cl)SC1=S. The Kier molecular flexibility index (Phi) is 3.30. The minimum absolute atomic E-state index is 0.296. The molecule has 0 radical (unpaired) electrons. The van der Waals surface area contributed by atoms with E-state index in [2.05, 4.69) is 0 Å². The van der Waals surface area contributed by atoms with Gasteiger partial charge in [0.2, 0.25) is 0 Å². The second-order valence-electron chi connectivity index (χ2n) is 3.07. The Balaban J connectivity index is 2.37. The highest BCUT2D eigenvalue weighted by Gasteiger charge is 2.29. The zero-order valence-electron chi connectivity index (χ0n) is 8.01. The van der Waals surface area contributed by atoms with Gasteiger partial charge >= 0.3 is 0 Å². The summed E-state index contributed by atoms with van der Waals surface area (Å²) in [7, 11) is 0. The van der Waals surface area contributed by atoms with Crippen LogP contribution < -0.4 is 5.84 Å². The summed E-state index contributed by atoms with van der Waals surface area (Å²) in [6.07, 6.45) is 1.69. The second kappa shape index (κ2) is 4.55. The quantitative estimate of drug-likeness (QED) is 0.368. The molecule has 0 spiro atoms. The molecule has 6 heteroatoms. The lowest BCUT2D eigenvalue weighted by molar-refractivity contribution is -0.122. The summed E-state index contributed by atoms with van der Waals surface area (Å²) in [5, 5.41) is 1.55. The topological polar surface area (TPSA) is 46.3 Å². The first-order valence-corrected chi connectivity index (χ1v) is 5.97. The lowest BCUT2D eigenvalue weighted by atomic mass is 10.2. The number of hydrazine groups is 1. The average Bonchev–Trinajstić information content (AvgIpc) is 2.50. The van der Waals surface area contributed by atoms with E-state index in [9.17, 15) is 4.79 Å². The summed E-state index contributed by atoms with van der Waals surface area (Å²) < 4.78 is 0.350. The number of hydrogen-bond acceptors (Lipinski definition) is 4. The fraction of sp³-hybridized carbons (Fsp3) is 0. The summed E-state index contributed by atoms with van der Waals surface area (Å²) in [5.74, 6) is 5.16. The summed E-state index contributed by atoms with van der Waals surface area (Å²) in [6, 6.07) is 7.26. The van der Waals surface area contributed by atoms with E-state index in [4.69, 9.17) is 29.7 Å². The van der Waals surface area contributed by atoms with Crippen LogP contribution in [0.3, 0.4) is 0 Å². The molecule has 0 bridgehead atoms. The largest absolute Gasteiger partial charge is 0.280 e. The van der Waals surface area contributed by atoms with Gasteiger partial charge in [-0.25, -0.2) is 10.9 Å². The Bertz CT molecular complexity index is 501. The smallest absolute Gasteiger partial charge is 0.267 e. The number of benzene rings is 1. The van der Waals surface area contributed by atoms with Crippen molar-refractivity contribution in [1.82, 2.24) is 5.01 Å². The van der Waals surface area contributed by atoms with E-state index in [-0.39, 0.29) is 5.91 Å². The molecular formula is C10H7ClN2OS2. The zero-order valence-corrected chi connectivity index (χ0v) is 10.4. The van der Waals surface area contributed by atoms with Crippen LogP contribution in [-0.4, -0.2) is 15.2 Å². The van der Waals surface area contributed by atoms with Gasteiger partial charge in [-0.15, -0.1) is 0 Å². The Hall–Kier alpha value is -0.880. The molecule has 0 aliphatic carbocycles. The molecule has 0 saturated carbocycles. The van der Waals surface area contributed by atoms with Crippen molar-refractivity contribution in [3.63, 3.8) is 0 Å². The molecule has 0 unspecified atom stereocenters. The van der Waals surface area contributed by atoms with Crippen molar-refractivity contribution in [2.45, 2.75) is 0 Å². The molecule has 2 rings (SSSR count). The number of thioether (sulfide) groups is 1. The third kappa shape index (κ3) is 2.12. The third-order valence-corrected chi connectivity index (χ3v) is 3.69.